The first-order chi connectivity index (χ1) is 7.99. The lowest BCUT2D eigenvalue weighted by Crippen LogP contribution is -2.03. The van der Waals surface area contributed by atoms with Gasteiger partial charge < -0.3 is 4.42 Å². The van der Waals surface area contributed by atoms with Crippen molar-refractivity contribution in [1.29, 1.82) is 0 Å². The average molecular weight is 318 g/mol. The number of benzene rings is 1. The zero-order valence-electron chi connectivity index (χ0n) is 8.76. The molecule has 0 amide bonds. The van der Waals surface area contributed by atoms with Gasteiger partial charge in [-0.2, -0.15) is 0 Å². The third kappa shape index (κ3) is 2.42. The van der Waals surface area contributed by atoms with Crippen molar-refractivity contribution in [2.24, 2.45) is 0 Å². The van der Waals surface area contributed by atoms with Gasteiger partial charge in [0.05, 0.1) is 16.1 Å². The summed E-state index contributed by atoms with van der Waals surface area (Å²) in [7, 11) is 0. The van der Waals surface area contributed by atoms with Crippen molar-refractivity contribution in [1.82, 2.24) is 0 Å². The minimum atomic E-state index is -0.620. The van der Waals surface area contributed by atoms with Crippen LogP contribution in [0.2, 0.25) is 5.02 Å². The largest absolute Gasteiger partial charge is 0.469 e. The summed E-state index contributed by atoms with van der Waals surface area (Å²) in [6.07, 6.45) is 1.30. The molecule has 1 aromatic carbocycles. The van der Waals surface area contributed by atoms with Crippen LogP contribution >= 0.6 is 27.5 Å². The number of halogens is 3. The highest BCUT2D eigenvalue weighted by Crippen LogP contribution is 2.27. The average Bonchev–Trinajstić information content (AvgIpc) is 2.69. The van der Waals surface area contributed by atoms with Gasteiger partial charge in [0, 0.05) is 4.47 Å². The quantitative estimate of drug-likeness (QED) is 0.608. The van der Waals surface area contributed by atoms with E-state index in [-0.39, 0.29) is 10.6 Å². The number of furan rings is 1. The fraction of sp³-hybridized carbons (Fsp3) is 0.0833. The zero-order chi connectivity index (χ0) is 12.6. The second-order valence-corrected chi connectivity index (χ2v) is 4.78. The summed E-state index contributed by atoms with van der Waals surface area (Å²) in [5.74, 6) is -0.476. The van der Waals surface area contributed by atoms with Crippen LogP contribution in [0.4, 0.5) is 4.39 Å². The van der Waals surface area contributed by atoms with Crippen molar-refractivity contribution in [3.8, 4) is 0 Å². The molecule has 2 rings (SSSR count). The van der Waals surface area contributed by atoms with Crippen molar-refractivity contribution in [3.63, 3.8) is 0 Å². The molecule has 5 heteroatoms. The molecule has 0 aliphatic carbocycles. The lowest BCUT2D eigenvalue weighted by atomic mass is 10.1. The van der Waals surface area contributed by atoms with Crippen molar-refractivity contribution >= 4 is 33.3 Å². The smallest absolute Gasteiger partial charge is 0.199 e. The van der Waals surface area contributed by atoms with Crippen molar-refractivity contribution in [2.75, 3.05) is 0 Å². The van der Waals surface area contributed by atoms with Crippen LogP contribution in [0.1, 0.15) is 21.7 Å². The molecule has 1 aromatic heterocycles. The van der Waals surface area contributed by atoms with Gasteiger partial charge in [-0.1, -0.05) is 11.6 Å². The summed E-state index contributed by atoms with van der Waals surface area (Å²) in [6.45, 7) is 1.71. The molecule has 88 valence electrons. The maximum Gasteiger partial charge on any atom is 0.199 e. The maximum absolute atomic E-state index is 13.6. The molecule has 0 aliphatic heterocycles. The summed E-state index contributed by atoms with van der Waals surface area (Å²) in [6, 6.07) is 4.02. The Balaban J connectivity index is 2.47. The Kier molecular flexibility index (Phi) is 3.35. The molecular formula is C12H7BrClFO2. The molecular weight excluding hydrogens is 310 g/mol. The van der Waals surface area contributed by atoms with E-state index in [1.165, 1.54) is 18.4 Å². The van der Waals surface area contributed by atoms with E-state index in [0.717, 1.165) is 0 Å². The number of rotatable bonds is 2. The molecule has 0 aliphatic rings. The Morgan fingerprint density at radius 3 is 2.71 bits per heavy atom. The van der Waals surface area contributed by atoms with E-state index < -0.39 is 11.6 Å². The highest BCUT2D eigenvalue weighted by molar-refractivity contribution is 9.10. The minimum Gasteiger partial charge on any atom is -0.469 e. The first kappa shape index (κ1) is 12.3. The van der Waals surface area contributed by atoms with Gasteiger partial charge in [-0.3, -0.25) is 4.79 Å². The van der Waals surface area contributed by atoms with Gasteiger partial charge in [0.25, 0.3) is 0 Å². The van der Waals surface area contributed by atoms with E-state index in [1.807, 2.05) is 0 Å². The van der Waals surface area contributed by atoms with Crippen LogP contribution in [-0.4, -0.2) is 5.78 Å². The molecule has 0 saturated heterocycles. The molecule has 0 radical (unpaired) electrons. The molecule has 0 unspecified atom stereocenters. The number of aryl methyl sites for hydroxylation is 1. The number of hydrogen-bond acceptors (Lipinski definition) is 2. The minimum absolute atomic E-state index is 0.0704. The first-order valence-electron chi connectivity index (χ1n) is 4.73. The maximum atomic E-state index is 13.6. The lowest BCUT2D eigenvalue weighted by molar-refractivity contribution is 0.103. The Morgan fingerprint density at radius 2 is 2.12 bits per heavy atom. The summed E-state index contributed by atoms with van der Waals surface area (Å²) >= 11 is 8.92. The monoisotopic (exact) mass is 316 g/mol. The Labute approximate surface area is 111 Å². The van der Waals surface area contributed by atoms with Crippen LogP contribution in [0.3, 0.4) is 0 Å². The molecule has 17 heavy (non-hydrogen) atoms. The standard InChI is InChI=1S/C12H7BrClFO2/c1-6-2-7(5-17-6)12(16)8-3-10(14)9(13)4-11(8)15/h2-5H,1H3. The van der Waals surface area contributed by atoms with Gasteiger partial charge in [0.2, 0.25) is 0 Å². The van der Waals surface area contributed by atoms with Gasteiger partial charge in [-0.05, 0) is 41.1 Å². The van der Waals surface area contributed by atoms with Crippen molar-refractivity contribution in [2.45, 2.75) is 6.92 Å². The third-order valence-corrected chi connectivity index (χ3v) is 3.44. The van der Waals surface area contributed by atoms with E-state index in [4.69, 9.17) is 16.0 Å². The van der Waals surface area contributed by atoms with Crippen molar-refractivity contribution < 1.29 is 13.6 Å². The molecule has 0 atom stereocenters. The molecule has 0 bridgehead atoms. The van der Waals surface area contributed by atoms with Gasteiger partial charge in [-0.25, -0.2) is 4.39 Å². The first-order valence-corrected chi connectivity index (χ1v) is 5.90. The Hall–Kier alpha value is -1.13. The lowest BCUT2D eigenvalue weighted by Gasteiger charge is -2.03. The fourth-order valence-corrected chi connectivity index (χ4v) is 1.89. The van der Waals surface area contributed by atoms with E-state index in [0.29, 0.717) is 15.8 Å². The number of hydrogen-bond donors (Lipinski definition) is 0. The summed E-state index contributed by atoms with van der Waals surface area (Å²) < 4.78 is 19.1. The Morgan fingerprint density at radius 1 is 1.41 bits per heavy atom. The highest BCUT2D eigenvalue weighted by atomic mass is 79.9. The van der Waals surface area contributed by atoms with Crippen LogP contribution in [0.5, 0.6) is 0 Å². The second kappa shape index (κ2) is 4.63. The molecule has 1 heterocycles. The van der Waals surface area contributed by atoms with E-state index in [9.17, 15) is 9.18 Å². The molecule has 2 aromatic rings. The number of carbonyl (C=O) groups is 1. The van der Waals surface area contributed by atoms with Gasteiger partial charge in [0.1, 0.15) is 17.8 Å². The molecule has 0 saturated carbocycles. The predicted molar refractivity (Wildman–Crippen MR) is 66.0 cm³/mol. The number of carbonyl (C=O) groups excluding carboxylic acids is 1. The normalized spacial score (nSPS) is 10.6. The van der Waals surface area contributed by atoms with Crippen LogP contribution in [0.15, 0.2) is 33.4 Å². The SMILES string of the molecule is Cc1cc(C(=O)c2cc(Cl)c(Br)cc2F)co1. The van der Waals surface area contributed by atoms with E-state index in [1.54, 1.807) is 13.0 Å². The van der Waals surface area contributed by atoms with E-state index in [2.05, 4.69) is 15.9 Å². The van der Waals surface area contributed by atoms with Gasteiger partial charge in [-0.15, -0.1) is 0 Å². The summed E-state index contributed by atoms with van der Waals surface area (Å²) in [4.78, 5) is 12.0. The fourth-order valence-electron chi connectivity index (χ4n) is 1.41. The highest BCUT2D eigenvalue weighted by Gasteiger charge is 2.17. The molecule has 2 nitrogen and oxygen atoms in total. The second-order valence-electron chi connectivity index (χ2n) is 3.52. The van der Waals surface area contributed by atoms with E-state index >= 15 is 0 Å². The predicted octanol–water partition coefficient (Wildman–Crippen LogP) is 4.37. The molecule has 0 spiro atoms. The van der Waals surface area contributed by atoms with Crippen LogP contribution < -0.4 is 0 Å². The van der Waals surface area contributed by atoms with Crippen LogP contribution in [0.25, 0.3) is 0 Å². The summed E-state index contributed by atoms with van der Waals surface area (Å²) in [5, 5.41) is 0.287. The third-order valence-electron chi connectivity index (χ3n) is 2.25. The Bertz CT molecular complexity index is 592. The van der Waals surface area contributed by atoms with Crippen LogP contribution in [-0.2, 0) is 0 Å². The van der Waals surface area contributed by atoms with Crippen LogP contribution in [0, 0.1) is 12.7 Å². The topological polar surface area (TPSA) is 30.2 Å². The van der Waals surface area contributed by atoms with Crippen molar-refractivity contribution in [3.05, 3.63) is 56.7 Å². The van der Waals surface area contributed by atoms with Gasteiger partial charge >= 0.3 is 0 Å². The summed E-state index contributed by atoms with van der Waals surface area (Å²) in [5.41, 5.74) is 0.235. The number of ketones is 1. The zero-order valence-corrected chi connectivity index (χ0v) is 11.1. The van der Waals surface area contributed by atoms with Gasteiger partial charge in [0.15, 0.2) is 5.78 Å². The molecule has 0 fully saturated rings. The molecule has 0 N–H and O–H groups in total.